The Labute approximate surface area is 178 Å². The molecule has 3 rings (SSSR count). The first-order valence-electron chi connectivity index (χ1n) is 9.79. The van der Waals surface area contributed by atoms with Crippen LogP contribution >= 0.6 is 0 Å². The summed E-state index contributed by atoms with van der Waals surface area (Å²) in [5.41, 5.74) is 2.63. The summed E-state index contributed by atoms with van der Waals surface area (Å²) in [7, 11) is 1.90. The van der Waals surface area contributed by atoms with Gasteiger partial charge in [-0.3, -0.25) is 0 Å². The van der Waals surface area contributed by atoms with Crippen LogP contribution < -0.4 is 16.0 Å². The molecule has 0 aliphatic carbocycles. The van der Waals surface area contributed by atoms with Crippen LogP contribution in [-0.2, 0) is 19.3 Å². The molecule has 5 nitrogen and oxygen atoms in total. The van der Waals surface area contributed by atoms with Crippen molar-refractivity contribution in [2.45, 2.75) is 26.2 Å². The van der Waals surface area contributed by atoms with Crippen molar-refractivity contribution in [3.05, 3.63) is 65.4 Å². The SMILES string of the molecule is CCn1c(C#CCNC(=O)Nc2ccc(C(F)(F)F)cc2)cc2cc(CNC)ccc21. The Morgan fingerprint density at radius 1 is 1.10 bits per heavy atom. The quantitative estimate of drug-likeness (QED) is 0.522. The van der Waals surface area contributed by atoms with E-state index in [9.17, 15) is 18.0 Å². The average Bonchev–Trinajstić information content (AvgIpc) is 3.07. The topological polar surface area (TPSA) is 58.1 Å². The normalized spacial score (nSPS) is 11.1. The zero-order valence-corrected chi connectivity index (χ0v) is 17.2. The average molecular weight is 428 g/mol. The first kappa shape index (κ1) is 22.2. The predicted octanol–water partition coefficient (Wildman–Crippen LogP) is 4.57. The van der Waals surface area contributed by atoms with Gasteiger partial charge in [-0.05, 0) is 67.9 Å². The van der Waals surface area contributed by atoms with Crippen LogP contribution in [0.1, 0.15) is 23.7 Å². The monoisotopic (exact) mass is 428 g/mol. The molecule has 1 aromatic heterocycles. The summed E-state index contributed by atoms with van der Waals surface area (Å²) in [6, 6.07) is 12.0. The van der Waals surface area contributed by atoms with E-state index < -0.39 is 17.8 Å². The Bertz CT molecular complexity index is 1120. The van der Waals surface area contributed by atoms with Gasteiger partial charge in [0, 0.05) is 29.7 Å². The van der Waals surface area contributed by atoms with Crippen molar-refractivity contribution in [1.29, 1.82) is 0 Å². The molecule has 3 N–H and O–H groups in total. The van der Waals surface area contributed by atoms with Crippen LogP contribution in [0.4, 0.5) is 23.7 Å². The number of amides is 2. The molecule has 0 spiro atoms. The molecule has 0 unspecified atom stereocenters. The summed E-state index contributed by atoms with van der Waals surface area (Å²) in [5.74, 6) is 6.00. The molecule has 0 saturated heterocycles. The highest BCUT2D eigenvalue weighted by Crippen LogP contribution is 2.29. The number of hydrogen-bond acceptors (Lipinski definition) is 2. The van der Waals surface area contributed by atoms with Gasteiger partial charge in [-0.25, -0.2) is 4.79 Å². The number of urea groups is 1. The Kier molecular flexibility index (Phi) is 6.88. The fourth-order valence-corrected chi connectivity index (χ4v) is 3.26. The zero-order chi connectivity index (χ0) is 22.4. The number of fused-ring (bicyclic) bond motifs is 1. The van der Waals surface area contributed by atoms with Gasteiger partial charge >= 0.3 is 12.2 Å². The van der Waals surface area contributed by atoms with Gasteiger partial charge in [-0.2, -0.15) is 13.2 Å². The molecule has 1 heterocycles. The highest BCUT2D eigenvalue weighted by Gasteiger charge is 2.29. The maximum atomic E-state index is 12.6. The smallest absolute Gasteiger partial charge is 0.334 e. The third-order valence-corrected chi connectivity index (χ3v) is 4.69. The number of anilines is 1. The molecule has 0 radical (unpaired) electrons. The van der Waals surface area contributed by atoms with Crippen LogP contribution in [0.15, 0.2) is 48.5 Å². The molecule has 3 aromatic rings. The number of alkyl halides is 3. The molecule has 0 saturated carbocycles. The van der Waals surface area contributed by atoms with Gasteiger partial charge in [0.2, 0.25) is 0 Å². The fraction of sp³-hybridized carbons (Fsp3) is 0.261. The number of carbonyl (C=O) groups excluding carboxylic acids is 1. The minimum atomic E-state index is -4.41. The van der Waals surface area contributed by atoms with Crippen molar-refractivity contribution in [1.82, 2.24) is 15.2 Å². The van der Waals surface area contributed by atoms with Gasteiger partial charge in [0.15, 0.2) is 0 Å². The number of nitrogens with zero attached hydrogens (tertiary/aromatic N) is 1. The summed E-state index contributed by atoms with van der Waals surface area (Å²) < 4.78 is 39.9. The van der Waals surface area contributed by atoms with Gasteiger partial charge < -0.3 is 20.5 Å². The van der Waals surface area contributed by atoms with Crippen molar-refractivity contribution in [2.24, 2.45) is 0 Å². The van der Waals surface area contributed by atoms with Crippen molar-refractivity contribution in [3.8, 4) is 11.8 Å². The molecule has 0 aliphatic rings. The first-order valence-corrected chi connectivity index (χ1v) is 9.79. The fourth-order valence-electron chi connectivity index (χ4n) is 3.26. The van der Waals surface area contributed by atoms with Crippen molar-refractivity contribution >= 4 is 22.6 Å². The number of carbonyl (C=O) groups is 1. The Balaban J connectivity index is 1.61. The summed E-state index contributed by atoms with van der Waals surface area (Å²) in [6.45, 7) is 3.69. The van der Waals surface area contributed by atoms with Crippen molar-refractivity contribution < 1.29 is 18.0 Å². The number of halogens is 3. The van der Waals surface area contributed by atoms with E-state index in [1.54, 1.807) is 0 Å². The van der Waals surface area contributed by atoms with Gasteiger partial charge in [0.25, 0.3) is 0 Å². The number of hydrogen-bond donors (Lipinski definition) is 3. The molecule has 8 heteroatoms. The van der Waals surface area contributed by atoms with Crippen LogP contribution in [0.2, 0.25) is 0 Å². The Morgan fingerprint density at radius 3 is 2.48 bits per heavy atom. The van der Waals surface area contributed by atoms with Crippen molar-refractivity contribution in [3.63, 3.8) is 0 Å². The molecule has 2 amide bonds. The van der Waals surface area contributed by atoms with Crippen LogP contribution in [0, 0.1) is 11.8 Å². The Morgan fingerprint density at radius 2 is 1.84 bits per heavy atom. The number of aryl methyl sites for hydroxylation is 1. The molecule has 0 aliphatic heterocycles. The second-order valence-electron chi connectivity index (χ2n) is 6.88. The lowest BCUT2D eigenvalue weighted by Crippen LogP contribution is -2.28. The standard InChI is InChI=1S/C23H23F3N4O/c1-3-30-20(14-17-13-16(15-27-2)6-11-21(17)30)5-4-12-28-22(31)29-19-9-7-18(8-10-19)23(24,25)26/h6-11,13-14,27H,3,12,15H2,1-2H3,(H2,28,29,31). The van der Waals surface area contributed by atoms with E-state index in [1.807, 2.05) is 20.0 Å². The second kappa shape index (κ2) is 9.58. The third-order valence-electron chi connectivity index (χ3n) is 4.69. The minimum Gasteiger partial charge on any atom is -0.334 e. The van der Waals surface area contributed by atoms with Gasteiger partial charge in [0.05, 0.1) is 17.8 Å². The molecular formula is C23H23F3N4O. The van der Waals surface area contributed by atoms with Gasteiger partial charge in [0.1, 0.15) is 0 Å². The number of rotatable bonds is 5. The van der Waals surface area contributed by atoms with Gasteiger partial charge in [-0.15, -0.1) is 0 Å². The van der Waals surface area contributed by atoms with E-state index >= 15 is 0 Å². The van der Waals surface area contributed by atoms with Crippen molar-refractivity contribution in [2.75, 3.05) is 18.9 Å². The molecule has 0 atom stereocenters. The molecule has 162 valence electrons. The lowest BCUT2D eigenvalue weighted by Gasteiger charge is -2.08. The highest BCUT2D eigenvalue weighted by molar-refractivity contribution is 5.89. The summed E-state index contributed by atoms with van der Waals surface area (Å²) in [5, 5.41) is 9.30. The molecule has 2 aromatic carbocycles. The van der Waals surface area contributed by atoms with Crippen LogP contribution in [0.5, 0.6) is 0 Å². The third kappa shape index (κ3) is 5.58. The molecule has 0 bridgehead atoms. The van der Waals surface area contributed by atoms with Crippen LogP contribution in [0.3, 0.4) is 0 Å². The lowest BCUT2D eigenvalue weighted by molar-refractivity contribution is -0.137. The van der Waals surface area contributed by atoms with Crippen LogP contribution in [0.25, 0.3) is 10.9 Å². The predicted molar refractivity (Wildman–Crippen MR) is 116 cm³/mol. The number of aromatic nitrogens is 1. The van der Waals surface area contributed by atoms with E-state index in [0.717, 1.165) is 41.8 Å². The molecule has 0 fully saturated rings. The maximum Gasteiger partial charge on any atom is 0.416 e. The van der Waals surface area contributed by atoms with E-state index in [4.69, 9.17) is 0 Å². The minimum absolute atomic E-state index is 0.0999. The zero-order valence-electron chi connectivity index (χ0n) is 17.2. The summed E-state index contributed by atoms with van der Waals surface area (Å²) in [6.07, 6.45) is -4.41. The number of benzene rings is 2. The Hall–Kier alpha value is -3.44. The van der Waals surface area contributed by atoms with E-state index in [1.165, 1.54) is 17.7 Å². The molecular weight excluding hydrogens is 405 g/mol. The number of nitrogens with one attached hydrogen (secondary N) is 3. The first-order chi connectivity index (χ1) is 14.8. The van der Waals surface area contributed by atoms with E-state index in [-0.39, 0.29) is 12.2 Å². The largest absolute Gasteiger partial charge is 0.416 e. The summed E-state index contributed by atoms with van der Waals surface area (Å²) >= 11 is 0. The van der Waals surface area contributed by atoms with E-state index in [2.05, 4.69) is 50.6 Å². The molecule has 31 heavy (non-hydrogen) atoms. The lowest BCUT2D eigenvalue weighted by atomic mass is 10.1. The van der Waals surface area contributed by atoms with E-state index in [0.29, 0.717) is 0 Å². The van der Waals surface area contributed by atoms with Crippen LogP contribution in [-0.4, -0.2) is 24.2 Å². The van der Waals surface area contributed by atoms with Gasteiger partial charge in [-0.1, -0.05) is 12.0 Å². The maximum absolute atomic E-state index is 12.6. The summed E-state index contributed by atoms with van der Waals surface area (Å²) in [4.78, 5) is 11.9. The highest BCUT2D eigenvalue weighted by atomic mass is 19.4. The second-order valence-corrected chi connectivity index (χ2v) is 6.88.